The molecule has 0 fully saturated rings. The van der Waals surface area contributed by atoms with E-state index in [1.807, 2.05) is 55.6 Å². The van der Waals surface area contributed by atoms with Gasteiger partial charge in [-0.3, -0.25) is 0 Å². The number of hydrogen-bond donors (Lipinski definition) is 2. The molecule has 82 valence electrons. The first-order valence-corrected chi connectivity index (χ1v) is 5.89. The third-order valence-corrected chi connectivity index (χ3v) is 3.24. The van der Waals surface area contributed by atoms with E-state index < -0.39 is 0 Å². The molecule has 0 N–H and O–H groups in total. The van der Waals surface area contributed by atoms with Crippen LogP contribution >= 0.6 is 25.3 Å². The van der Waals surface area contributed by atoms with Crippen molar-refractivity contribution < 1.29 is 0 Å². The largest absolute Gasteiger partial charge is 0.343 e. The van der Waals surface area contributed by atoms with E-state index in [2.05, 4.69) is 30.2 Å². The van der Waals surface area contributed by atoms with Gasteiger partial charge in [0.05, 0.1) is 11.4 Å². The van der Waals surface area contributed by atoms with E-state index in [4.69, 9.17) is 0 Å². The minimum Gasteiger partial charge on any atom is -0.343 e. The van der Waals surface area contributed by atoms with Gasteiger partial charge in [0.2, 0.25) is 0 Å². The Morgan fingerprint density at radius 2 is 1.12 bits per heavy atom. The Kier molecular flexibility index (Phi) is 3.46. The zero-order valence-corrected chi connectivity index (χ0v) is 10.7. The van der Waals surface area contributed by atoms with Crippen LogP contribution in [0.15, 0.2) is 58.3 Å². The molecule has 0 saturated heterocycles. The van der Waals surface area contributed by atoms with Crippen LogP contribution in [0.5, 0.6) is 0 Å². The van der Waals surface area contributed by atoms with E-state index in [1.54, 1.807) is 0 Å². The van der Waals surface area contributed by atoms with Gasteiger partial charge >= 0.3 is 0 Å². The van der Waals surface area contributed by atoms with Crippen molar-refractivity contribution in [2.75, 3.05) is 11.9 Å². The highest BCUT2D eigenvalue weighted by molar-refractivity contribution is 7.80. The predicted molar refractivity (Wildman–Crippen MR) is 75.5 cm³/mol. The molecule has 1 nitrogen and oxygen atoms in total. The number of nitrogens with zero attached hydrogens (tertiary/aromatic N) is 1. The van der Waals surface area contributed by atoms with Crippen LogP contribution in [0.25, 0.3) is 0 Å². The Balaban J connectivity index is 2.44. The quantitative estimate of drug-likeness (QED) is 0.758. The van der Waals surface area contributed by atoms with E-state index in [0.717, 1.165) is 21.2 Å². The number of rotatable bonds is 2. The van der Waals surface area contributed by atoms with Gasteiger partial charge in [-0.05, 0) is 24.3 Å². The van der Waals surface area contributed by atoms with Gasteiger partial charge in [-0.25, -0.2) is 0 Å². The summed E-state index contributed by atoms with van der Waals surface area (Å²) in [6.45, 7) is 0. The Morgan fingerprint density at radius 3 is 1.50 bits per heavy atom. The maximum absolute atomic E-state index is 4.46. The third-order valence-electron chi connectivity index (χ3n) is 2.49. The van der Waals surface area contributed by atoms with Gasteiger partial charge in [0.15, 0.2) is 0 Å². The molecule has 0 radical (unpaired) electrons. The third kappa shape index (κ3) is 2.20. The second kappa shape index (κ2) is 4.85. The highest BCUT2D eigenvalue weighted by Crippen LogP contribution is 2.32. The Morgan fingerprint density at radius 1 is 0.750 bits per heavy atom. The van der Waals surface area contributed by atoms with Crippen LogP contribution in [0.2, 0.25) is 0 Å². The Labute approximate surface area is 107 Å². The van der Waals surface area contributed by atoms with Gasteiger partial charge in [-0.1, -0.05) is 24.3 Å². The van der Waals surface area contributed by atoms with Gasteiger partial charge in [-0.15, -0.1) is 25.3 Å². The zero-order chi connectivity index (χ0) is 11.5. The second-order valence-electron chi connectivity index (χ2n) is 3.54. The van der Waals surface area contributed by atoms with Crippen molar-refractivity contribution in [3.8, 4) is 0 Å². The Bertz CT molecular complexity index is 451. The average molecular weight is 247 g/mol. The summed E-state index contributed by atoms with van der Waals surface area (Å²) in [4.78, 5) is 4.01. The van der Waals surface area contributed by atoms with Crippen LogP contribution in [-0.4, -0.2) is 7.05 Å². The fourth-order valence-corrected chi connectivity index (χ4v) is 2.25. The SMILES string of the molecule is CN(c1ccccc1S)c1ccccc1S. The van der Waals surface area contributed by atoms with Crippen molar-refractivity contribution in [2.24, 2.45) is 0 Å². The maximum Gasteiger partial charge on any atom is 0.0543 e. The maximum atomic E-state index is 4.46. The summed E-state index contributed by atoms with van der Waals surface area (Å²) in [6, 6.07) is 16.0. The highest BCUT2D eigenvalue weighted by Gasteiger charge is 2.08. The molecule has 0 amide bonds. The fraction of sp³-hybridized carbons (Fsp3) is 0.0769. The lowest BCUT2D eigenvalue weighted by atomic mass is 10.2. The van der Waals surface area contributed by atoms with Gasteiger partial charge in [0, 0.05) is 16.8 Å². The summed E-state index contributed by atoms with van der Waals surface area (Å²) in [5.74, 6) is 0. The van der Waals surface area contributed by atoms with Crippen LogP contribution in [0.3, 0.4) is 0 Å². The fourth-order valence-electron chi connectivity index (χ4n) is 1.63. The molecule has 0 aliphatic heterocycles. The van der Waals surface area contributed by atoms with E-state index in [0.29, 0.717) is 0 Å². The summed E-state index contributed by atoms with van der Waals surface area (Å²) in [6.07, 6.45) is 0. The van der Waals surface area contributed by atoms with Crippen LogP contribution in [0, 0.1) is 0 Å². The van der Waals surface area contributed by atoms with Crippen LogP contribution in [-0.2, 0) is 0 Å². The van der Waals surface area contributed by atoms with Crippen molar-refractivity contribution in [1.29, 1.82) is 0 Å². The molecule has 0 atom stereocenters. The summed E-state index contributed by atoms with van der Waals surface area (Å²) < 4.78 is 0. The van der Waals surface area contributed by atoms with Crippen molar-refractivity contribution >= 4 is 36.6 Å². The van der Waals surface area contributed by atoms with Crippen molar-refractivity contribution in [3.05, 3.63) is 48.5 Å². The van der Waals surface area contributed by atoms with E-state index in [9.17, 15) is 0 Å². The summed E-state index contributed by atoms with van der Waals surface area (Å²) in [7, 11) is 2.02. The molecule has 0 spiro atoms. The van der Waals surface area contributed by atoms with Crippen LogP contribution in [0.1, 0.15) is 0 Å². The summed E-state index contributed by atoms with van der Waals surface area (Å²) in [5.41, 5.74) is 2.15. The number of thiol groups is 2. The van der Waals surface area contributed by atoms with Crippen molar-refractivity contribution in [1.82, 2.24) is 0 Å². The zero-order valence-electron chi connectivity index (χ0n) is 8.96. The topological polar surface area (TPSA) is 3.24 Å². The van der Waals surface area contributed by atoms with Crippen molar-refractivity contribution in [3.63, 3.8) is 0 Å². The average Bonchev–Trinajstić information content (AvgIpc) is 2.29. The normalized spacial score (nSPS) is 10.2. The molecule has 0 unspecified atom stereocenters. The lowest BCUT2D eigenvalue weighted by Gasteiger charge is -2.22. The number of para-hydroxylation sites is 2. The molecule has 0 aromatic heterocycles. The predicted octanol–water partition coefficient (Wildman–Crippen LogP) is 4.03. The molecule has 2 aromatic carbocycles. The van der Waals surface area contributed by atoms with E-state index in [-0.39, 0.29) is 0 Å². The lowest BCUT2D eigenvalue weighted by Crippen LogP contribution is -2.10. The van der Waals surface area contributed by atoms with E-state index in [1.165, 1.54) is 0 Å². The molecule has 2 rings (SSSR count). The molecular formula is C13H13NS2. The van der Waals surface area contributed by atoms with E-state index >= 15 is 0 Å². The van der Waals surface area contributed by atoms with Gasteiger partial charge < -0.3 is 4.90 Å². The second-order valence-corrected chi connectivity index (χ2v) is 4.50. The minimum absolute atomic E-state index is 0.960. The number of hydrogen-bond acceptors (Lipinski definition) is 3. The standard InChI is InChI=1S/C13H13NS2/c1-14(10-6-2-4-8-12(10)15)11-7-3-5-9-13(11)16/h2-9,15-16H,1H3. The molecule has 0 heterocycles. The molecule has 16 heavy (non-hydrogen) atoms. The molecular weight excluding hydrogens is 234 g/mol. The van der Waals surface area contributed by atoms with Gasteiger partial charge in [0.1, 0.15) is 0 Å². The molecule has 3 heteroatoms. The first-order valence-electron chi connectivity index (χ1n) is 5.00. The lowest BCUT2D eigenvalue weighted by molar-refractivity contribution is 1.14. The number of benzene rings is 2. The first kappa shape index (κ1) is 11.4. The van der Waals surface area contributed by atoms with Crippen LogP contribution < -0.4 is 4.90 Å². The highest BCUT2D eigenvalue weighted by atomic mass is 32.1. The smallest absolute Gasteiger partial charge is 0.0543 e. The summed E-state index contributed by atoms with van der Waals surface area (Å²) >= 11 is 8.91. The molecule has 0 bridgehead atoms. The van der Waals surface area contributed by atoms with Gasteiger partial charge in [0.25, 0.3) is 0 Å². The number of anilines is 2. The molecule has 0 saturated carbocycles. The summed E-state index contributed by atoms with van der Waals surface area (Å²) in [5, 5.41) is 0. The van der Waals surface area contributed by atoms with Gasteiger partial charge in [-0.2, -0.15) is 0 Å². The molecule has 2 aromatic rings. The molecule has 0 aliphatic rings. The molecule has 0 aliphatic carbocycles. The van der Waals surface area contributed by atoms with Crippen LogP contribution in [0.4, 0.5) is 11.4 Å². The monoisotopic (exact) mass is 247 g/mol. The Hall–Kier alpha value is -1.06. The van der Waals surface area contributed by atoms with Crippen molar-refractivity contribution in [2.45, 2.75) is 9.79 Å². The minimum atomic E-state index is 0.960. The first-order chi connectivity index (χ1) is 7.70.